The van der Waals surface area contributed by atoms with Crippen LogP contribution >= 0.6 is 0 Å². The average Bonchev–Trinajstić information content (AvgIpc) is 3.20. The summed E-state index contributed by atoms with van der Waals surface area (Å²) in [5.41, 5.74) is 8.50. The van der Waals surface area contributed by atoms with Gasteiger partial charge in [0, 0.05) is 25.4 Å². The largest absolute Gasteiger partial charge is 0.382 e. The first-order valence-electron chi connectivity index (χ1n) is 7.35. The molecule has 2 rings (SSSR count). The van der Waals surface area contributed by atoms with Gasteiger partial charge >= 0.3 is 0 Å². The van der Waals surface area contributed by atoms with Gasteiger partial charge in [0.1, 0.15) is 0 Å². The summed E-state index contributed by atoms with van der Waals surface area (Å²) >= 11 is 0. The lowest BCUT2D eigenvalue weighted by atomic mass is 10.0. The van der Waals surface area contributed by atoms with Gasteiger partial charge in [0.05, 0.1) is 0 Å². The number of nitrogens with two attached hydrogens (primary N) is 1. The van der Waals surface area contributed by atoms with Crippen molar-refractivity contribution in [1.82, 2.24) is 0 Å². The monoisotopic (exact) mass is 275 g/mol. The Morgan fingerprint density at radius 3 is 2.65 bits per heavy atom. The molecule has 0 amide bonds. The van der Waals surface area contributed by atoms with Crippen LogP contribution in [0.15, 0.2) is 29.3 Å². The summed E-state index contributed by atoms with van der Waals surface area (Å²) in [4.78, 5) is 4.48. The molecule has 0 saturated heterocycles. The zero-order valence-electron chi connectivity index (χ0n) is 12.5. The van der Waals surface area contributed by atoms with Gasteiger partial charge in [0.25, 0.3) is 0 Å². The second-order valence-corrected chi connectivity index (χ2v) is 5.64. The Kier molecular flexibility index (Phi) is 5.01. The zero-order valence-corrected chi connectivity index (χ0v) is 12.5. The first-order valence-corrected chi connectivity index (χ1v) is 7.35. The van der Waals surface area contributed by atoms with Crippen LogP contribution in [0.4, 0.5) is 5.69 Å². The molecule has 1 aliphatic carbocycles. The average molecular weight is 275 g/mol. The number of anilines is 1. The molecule has 4 heteroatoms. The maximum atomic E-state index is 5.94. The van der Waals surface area contributed by atoms with E-state index in [4.69, 9.17) is 10.5 Å². The van der Waals surface area contributed by atoms with Crippen LogP contribution in [0.1, 0.15) is 31.7 Å². The lowest BCUT2D eigenvalue weighted by Crippen LogP contribution is -2.24. The second-order valence-electron chi connectivity index (χ2n) is 5.64. The summed E-state index contributed by atoms with van der Waals surface area (Å²) in [6, 6.07) is 8.14. The number of ether oxygens (including phenoxy) is 1. The molecular weight excluding hydrogens is 250 g/mol. The maximum Gasteiger partial charge on any atom is 0.193 e. The van der Waals surface area contributed by atoms with E-state index in [9.17, 15) is 0 Å². The number of rotatable bonds is 7. The van der Waals surface area contributed by atoms with Crippen LogP contribution in [-0.2, 0) is 4.74 Å². The van der Waals surface area contributed by atoms with Crippen molar-refractivity contribution in [1.29, 1.82) is 0 Å². The number of hydrogen-bond donors (Lipinski definition) is 2. The molecule has 3 N–H and O–H groups in total. The van der Waals surface area contributed by atoms with Crippen LogP contribution in [0.25, 0.3) is 0 Å². The quantitative estimate of drug-likeness (QED) is 0.457. The fraction of sp³-hybridized carbons (Fsp3) is 0.562. The molecule has 0 spiro atoms. The van der Waals surface area contributed by atoms with Crippen LogP contribution in [-0.4, -0.2) is 25.7 Å². The smallest absolute Gasteiger partial charge is 0.193 e. The van der Waals surface area contributed by atoms with Crippen molar-refractivity contribution in [3.63, 3.8) is 0 Å². The van der Waals surface area contributed by atoms with E-state index in [-0.39, 0.29) is 0 Å². The summed E-state index contributed by atoms with van der Waals surface area (Å²) in [6.07, 6.45) is 3.56. The minimum Gasteiger partial charge on any atom is -0.382 e. The standard InChI is InChI=1S/C16H25N3O/c1-3-20-11-10-16(8-9-16)12-18-15(17)19-14-6-4-13(2)5-7-14/h4-7H,3,8-12H2,1-2H3,(H3,17,18,19). The van der Waals surface area contributed by atoms with Crippen molar-refractivity contribution in [2.45, 2.75) is 33.1 Å². The van der Waals surface area contributed by atoms with Crippen LogP contribution < -0.4 is 11.1 Å². The molecule has 110 valence electrons. The fourth-order valence-corrected chi connectivity index (χ4v) is 2.17. The van der Waals surface area contributed by atoms with Crippen molar-refractivity contribution in [2.24, 2.45) is 16.1 Å². The molecule has 1 aromatic carbocycles. The van der Waals surface area contributed by atoms with Crippen LogP contribution in [0.5, 0.6) is 0 Å². The van der Waals surface area contributed by atoms with E-state index in [1.807, 2.05) is 19.1 Å². The van der Waals surface area contributed by atoms with E-state index < -0.39 is 0 Å². The van der Waals surface area contributed by atoms with Gasteiger partial charge in [0.2, 0.25) is 0 Å². The molecular formula is C16H25N3O. The van der Waals surface area contributed by atoms with Crippen molar-refractivity contribution >= 4 is 11.6 Å². The Balaban J connectivity index is 1.80. The molecule has 0 aromatic heterocycles. The molecule has 0 atom stereocenters. The van der Waals surface area contributed by atoms with Gasteiger partial charge in [-0.25, -0.2) is 0 Å². The van der Waals surface area contributed by atoms with Crippen LogP contribution in [0, 0.1) is 12.3 Å². The number of hydrogen-bond acceptors (Lipinski definition) is 2. The van der Waals surface area contributed by atoms with Gasteiger partial charge in [-0.1, -0.05) is 17.7 Å². The van der Waals surface area contributed by atoms with Crippen molar-refractivity contribution in [3.05, 3.63) is 29.8 Å². The van der Waals surface area contributed by atoms with Crippen LogP contribution in [0.2, 0.25) is 0 Å². The molecule has 20 heavy (non-hydrogen) atoms. The highest BCUT2D eigenvalue weighted by Crippen LogP contribution is 2.48. The summed E-state index contributed by atoms with van der Waals surface area (Å²) in [6.45, 7) is 6.51. The Hall–Kier alpha value is -1.55. The SMILES string of the molecule is CCOCCC1(CN=C(N)Nc2ccc(C)cc2)CC1. The lowest BCUT2D eigenvalue weighted by Gasteiger charge is -2.13. The first kappa shape index (κ1) is 14.9. The van der Waals surface area contributed by atoms with Crippen molar-refractivity contribution in [3.8, 4) is 0 Å². The number of nitrogens with one attached hydrogen (secondary N) is 1. The predicted octanol–water partition coefficient (Wildman–Crippen LogP) is 2.93. The topological polar surface area (TPSA) is 59.6 Å². The van der Waals surface area contributed by atoms with E-state index in [2.05, 4.69) is 29.4 Å². The highest BCUT2D eigenvalue weighted by molar-refractivity contribution is 5.92. The minimum absolute atomic E-state index is 0.342. The first-order chi connectivity index (χ1) is 9.63. The van der Waals surface area contributed by atoms with Gasteiger partial charge in [-0.2, -0.15) is 0 Å². The van der Waals surface area contributed by atoms with E-state index in [0.717, 1.165) is 31.9 Å². The predicted molar refractivity (Wildman–Crippen MR) is 84.1 cm³/mol. The zero-order chi connectivity index (χ0) is 14.4. The van der Waals surface area contributed by atoms with Gasteiger partial charge in [-0.3, -0.25) is 4.99 Å². The molecule has 0 radical (unpaired) electrons. The molecule has 1 aliphatic rings. The molecule has 1 saturated carbocycles. The Bertz CT molecular complexity index is 449. The summed E-state index contributed by atoms with van der Waals surface area (Å²) in [5.74, 6) is 0.497. The third-order valence-electron chi connectivity index (χ3n) is 3.85. The molecule has 1 aromatic rings. The molecule has 4 nitrogen and oxygen atoms in total. The van der Waals surface area contributed by atoms with Gasteiger partial charge in [-0.15, -0.1) is 0 Å². The van der Waals surface area contributed by atoms with Gasteiger partial charge < -0.3 is 15.8 Å². The van der Waals surface area contributed by atoms with E-state index >= 15 is 0 Å². The molecule has 0 heterocycles. The molecule has 1 fully saturated rings. The Labute approximate surface area is 121 Å². The maximum absolute atomic E-state index is 5.94. The molecule has 0 unspecified atom stereocenters. The van der Waals surface area contributed by atoms with E-state index in [1.165, 1.54) is 18.4 Å². The number of benzene rings is 1. The van der Waals surface area contributed by atoms with Gasteiger partial charge in [0.15, 0.2) is 5.96 Å². The third-order valence-corrected chi connectivity index (χ3v) is 3.85. The number of aryl methyl sites for hydroxylation is 1. The number of guanidine groups is 1. The molecule has 0 aliphatic heterocycles. The number of nitrogens with zero attached hydrogens (tertiary/aromatic N) is 1. The van der Waals surface area contributed by atoms with Crippen molar-refractivity contribution in [2.75, 3.05) is 25.1 Å². The fourth-order valence-electron chi connectivity index (χ4n) is 2.17. The minimum atomic E-state index is 0.342. The lowest BCUT2D eigenvalue weighted by molar-refractivity contribution is 0.129. The molecule has 0 bridgehead atoms. The summed E-state index contributed by atoms with van der Waals surface area (Å²) in [7, 11) is 0. The second kappa shape index (κ2) is 6.75. The van der Waals surface area contributed by atoms with Crippen LogP contribution in [0.3, 0.4) is 0 Å². The normalized spacial score (nSPS) is 17.0. The Morgan fingerprint density at radius 2 is 2.05 bits per heavy atom. The van der Waals surface area contributed by atoms with E-state index in [1.54, 1.807) is 0 Å². The van der Waals surface area contributed by atoms with Gasteiger partial charge in [-0.05, 0) is 50.7 Å². The van der Waals surface area contributed by atoms with E-state index in [0.29, 0.717) is 11.4 Å². The summed E-state index contributed by atoms with van der Waals surface area (Å²) < 4.78 is 5.43. The van der Waals surface area contributed by atoms with Crippen molar-refractivity contribution < 1.29 is 4.74 Å². The Morgan fingerprint density at radius 1 is 1.35 bits per heavy atom. The highest BCUT2D eigenvalue weighted by atomic mass is 16.5. The third kappa shape index (κ3) is 4.53. The highest BCUT2D eigenvalue weighted by Gasteiger charge is 2.41. The number of aliphatic imine (C=N–C) groups is 1. The summed E-state index contributed by atoms with van der Waals surface area (Å²) in [5, 5.41) is 3.13.